The fraction of sp³-hybridized carbons (Fsp3) is 0.261. The second kappa shape index (κ2) is 9.25. The second-order valence-electron chi connectivity index (χ2n) is 6.81. The van der Waals surface area contributed by atoms with Gasteiger partial charge in [-0.2, -0.15) is 5.26 Å². The van der Waals surface area contributed by atoms with Gasteiger partial charge in [-0.3, -0.25) is 4.57 Å². The van der Waals surface area contributed by atoms with Crippen molar-refractivity contribution in [1.82, 2.24) is 4.57 Å². The van der Waals surface area contributed by atoms with Gasteiger partial charge in [0, 0.05) is 11.1 Å². The topological polar surface area (TPSA) is 56.4 Å². The minimum absolute atomic E-state index is 0.173. The molecule has 1 fully saturated rings. The molecule has 0 amide bonds. The van der Waals surface area contributed by atoms with E-state index < -0.39 is 6.41 Å². The molecule has 6 heteroatoms. The monoisotopic (exact) mass is 408 g/mol. The summed E-state index contributed by atoms with van der Waals surface area (Å²) in [5, 5.41) is 10.2. The van der Waals surface area contributed by atoms with E-state index in [-0.39, 0.29) is 6.10 Å². The van der Waals surface area contributed by atoms with Crippen LogP contribution in [0.3, 0.4) is 0 Å². The summed E-state index contributed by atoms with van der Waals surface area (Å²) in [5.41, 5.74) is 3.43. The summed E-state index contributed by atoms with van der Waals surface area (Å²) in [4.78, 5) is 0. The normalized spacial score (nSPS) is 26.3. The van der Waals surface area contributed by atoms with Crippen molar-refractivity contribution in [3.8, 4) is 6.07 Å². The standard InChI is InChI=1S/C23H21ClN2O3/c24-12-20-11-19-9-8-18(13-25)10-22(19)26(20)23-28-16-21(29-23)15-27-14-17-6-4-2-1-3-5-7-17/h1-11,21,23H,12,14-16H2/b2-1-,3-1?,4-2?,5-3-,6-4-,7-5?,17-6?,17-7+. The Hall–Kier alpha value is -2.62. The molecule has 148 valence electrons. The number of aromatic nitrogens is 1. The third-order valence-corrected chi connectivity index (χ3v) is 5.04. The zero-order valence-electron chi connectivity index (χ0n) is 15.8. The van der Waals surface area contributed by atoms with E-state index in [1.165, 1.54) is 0 Å². The predicted molar refractivity (Wildman–Crippen MR) is 112 cm³/mol. The number of allylic oxidation sites excluding steroid dienone is 6. The molecule has 1 aliphatic heterocycles. The maximum Gasteiger partial charge on any atom is 0.245 e. The van der Waals surface area contributed by atoms with E-state index >= 15 is 0 Å². The summed E-state index contributed by atoms with van der Waals surface area (Å²) >= 11 is 6.14. The number of nitriles is 1. The van der Waals surface area contributed by atoms with E-state index in [2.05, 4.69) is 6.07 Å². The highest BCUT2D eigenvalue weighted by atomic mass is 35.5. The third-order valence-electron chi connectivity index (χ3n) is 4.77. The average molecular weight is 409 g/mol. The van der Waals surface area contributed by atoms with E-state index in [0.29, 0.717) is 31.3 Å². The largest absolute Gasteiger partial charge is 0.374 e. The van der Waals surface area contributed by atoms with Gasteiger partial charge in [0.25, 0.3) is 0 Å². The SMILES string of the molecule is N#Cc1ccc2cc(CCl)n(C3OCC(COCC4=C/C=C\C=C/C=C\4)O3)c2c1. The lowest BCUT2D eigenvalue weighted by Gasteiger charge is -2.17. The van der Waals surface area contributed by atoms with Crippen LogP contribution in [0.2, 0.25) is 0 Å². The van der Waals surface area contributed by atoms with E-state index in [1.807, 2.05) is 65.3 Å². The van der Waals surface area contributed by atoms with Crippen molar-refractivity contribution < 1.29 is 14.2 Å². The van der Waals surface area contributed by atoms with Crippen LogP contribution in [0, 0.1) is 11.3 Å². The van der Waals surface area contributed by atoms with Crippen LogP contribution in [0.15, 0.2) is 72.4 Å². The summed E-state index contributed by atoms with van der Waals surface area (Å²) in [6, 6.07) is 9.70. The van der Waals surface area contributed by atoms with Crippen LogP contribution in [0.5, 0.6) is 0 Å². The summed E-state index contributed by atoms with van der Waals surface area (Å²) < 4.78 is 19.7. The Morgan fingerprint density at radius 2 is 2.03 bits per heavy atom. The number of nitrogens with zero attached hydrogens (tertiary/aromatic N) is 2. The van der Waals surface area contributed by atoms with Crippen molar-refractivity contribution >= 4 is 22.5 Å². The van der Waals surface area contributed by atoms with E-state index in [0.717, 1.165) is 22.2 Å². The van der Waals surface area contributed by atoms with Crippen LogP contribution in [-0.2, 0) is 20.1 Å². The quantitative estimate of drug-likeness (QED) is 0.647. The number of hydrogen-bond donors (Lipinski definition) is 0. The average Bonchev–Trinajstić information content (AvgIpc) is 3.32. The minimum Gasteiger partial charge on any atom is -0.374 e. The molecule has 1 saturated heterocycles. The molecule has 2 aromatic rings. The number of halogens is 1. The number of benzene rings is 1. The van der Waals surface area contributed by atoms with Gasteiger partial charge in [-0.1, -0.05) is 48.6 Å². The highest BCUT2D eigenvalue weighted by Gasteiger charge is 2.30. The van der Waals surface area contributed by atoms with Crippen molar-refractivity contribution in [2.75, 3.05) is 19.8 Å². The van der Waals surface area contributed by atoms with Crippen LogP contribution in [0.4, 0.5) is 0 Å². The molecule has 0 radical (unpaired) electrons. The van der Waals surface area contributed by atoms with E-state index in [9.17, 15) is 5.26 Å². The smallest absolute Gasteiger partial charge is 0.245 e. The summed E-state index contributed by atoms with van der Waals surface area (Å²) in [6.07, 6.45) is 13.2. The summed E-state index contributed by atoms with van der Waals surface area (Å²) in [5.74, 6) is 0.323. The highest BCUT2D eigenvalue weighted by molar-refractivity contribution is 6.17. The van der Waals surface area contributed by atoms with Crippen molar-refractivity contribution in [3.05, 3.63) is 83.6 Å². The van der Waals surface area contributed by atoms with Crippen LogP contribution < -0.4 is 0 Å². The van der Waals surface area contributed by atoms with Crippen molar-refractivity contribution in [3.63, 3.8) is 0 Å². The van der Waals surface area contributed by atoms with Crippen LogP contribution in [-0.4, -0.2) is 30.5 Å². The lowest BCUT2D eigenvalue weighted by Crippen LogP contribution is -2.20. The molecule has 1 aromatic heterocycles. The Bertz CT molecular complexity index is 1040. The van der Waals surface area contributed by atoms with E-state index in [1.54, 1.807) is 6.07 Å². The lowest BCUT2D eigenvalue weighted by atomic mass is 10.2. The molecule has 0 saturated carbocycles. The molecule has 2 aliphatic rings. The Morgan fingerprint density at radius 1 is 1.17 bits per heavy atom. The lowest BCUT2D eigenvalue weighted by molar-refractivity contribution is -0.120. The molecule has 1 aromatic carbocycles. The van der Waals surface area contributed by atoms with Gasteiger partial charge in [-0.15, -0.1) is 11.6 Å². The number of hydrogen-bond acceptors (Lipinski definition) is 4. The van der Waals surface area contributed by atoms with Gasteiger partial charge < -0.3 is 14.2 Å². The number of alkyl halides is 1. The highest BCUT2D eigenvalue weighted by Crippen LogP contribution is 2.31. The molecule has 2 heterocycles. The Labute approximate surface area is 174 Å². The fourth-order valence-electron chi connectivity index (χ4n) is 3.37. The van der Waals surface area contributed by atoms with Gasteiger partial charge >= 0.3 is 0 Å². The first-order valence-corrected chi connectivity index (χ1v) is 9.97. The molecule has 5 nitrogen and oxygen atoms in total. The first kappa shape index (κ1) is 19.7. The molecular formula is C23H21ClN2O3. The molecule has 4 rings (SSSR count). The maximum atomic E-state index is 9.22. The Morgan fingerprint density at radius 3 is 2.90 bits per heavy atom. The molecule has 0 N–H and O–H groups in total. The van der Waals surface area contributed by atoms with Gasteiger partial charge in [0.15, 0.2) is 0 Å². The van der Waals surface area contributed by atoms with Gasteiger partial charge in [0.1, 0.15) is 6.10 Å². The van der Waals surface area contributed by atoms with Crippen LogP contribution in [0.1, 0.15) is 17.7 Å². The zero-order chi connectivity index (χ0) is 20.1. The summed E-state index contributed by atoms with van der Waals surface area (Å²) in [6.45, 7) is 1.37. The first-order chi connectivity index (χ1) is 14.3. The molecule has 29 heavy (non-hydrogen) atoms. The number of rotatable bonds is 6. The van der Waals surface area contributed by atoms with Crippen molar-refractivity contribution in [2.24, 2.45) is 0 Å². The number of ether oxygens (including phenoxy) is 3. The van der Waals surface area contributed by atoms with Crippen LogP contribution in [0.25, 0.3) is 10.9 Å². The van der Waals surface area contributed by atoms with Crippen molar-refractivity contribution in [2.45, 2.75) is 18.4 Å². The van der Waals surface area contributed by atoms with Crippen molar-refractivity contribution in [1.29, 1.82) is 5.26 Å². The fourth-order valence-corrected chi connectivity index (χ4v) is 3.57. The predicted octanol–water partition coefficient (Wildman–Crippen LogP) is 4.75. The molecular weight excluding hydrogens is 388 g/mol. The third kappa shape index (κ3) is 4.52. The minimum atomic E-state index is -0.586. The van der Waals surface area contributed by atoms with Gasteiger partial charge in [0.2, 0.25) is 6.41 Å². The second-order valence-corrected chi connectivity index (χ2v) is 7.08. The van der Waals surface area contributed by atoms with E-state index in [4.69, 9.17) is 25.8 Å². The van der Waals surface area contributed by atoms with Crippen LogP contribution >= 0.6 is 11.6 Å². The molecule has 0 spiro atoms. The molecule has 0 bridgehead atoms. The molecule has 1 aliphatic carbocycles. The Kier molecular flexibility index (Phi) is 6.28. The molecule has 2 atom stereocenters. The van der Waals surface area contributed by atoms with Gasteiger partial charge in [0.05, 0.1) is 42.9 Å². The van der Waals surface area contributed by atoms with Gasteiger partial charge in [-0.05, 0) is 23.8 Å². The van der Waals surface area contributed by atoms with Gasteiger partial charge in [-0.25, -0.2) is 0 Å². The number of fused-ring (bicyclic) bond motifs is 1. The Balaban J connectivity index is 1.41. The first-order valence-electron chi connectivity index (χ1n) is 9.44. The maximum absolute atomic E-state index is 9.22. The zero-order valence-corrected chi connectivity index (χ0v) is 16.6. The molecule has 2 unspecified atom stereocenters. The summed E-state index contributed by atoms with van der Waals surface area (Å²) in [7, 11) is 0.